The fourth-order valence-electron chi connectivity index (χ4n) is 1.62. The Kier molecular flexibility index (Phi) is 5.18. The van der Waals surface area contributed by atoms with Gasteiger partial charge < -0.3 is 14.7 Å². The van der Waals surface area contributed by atoms with Crippen LogP contribution in [0.4, 0.5) is 0 Å². The molecule has 1 heterocycles. The van der Waals surface area contributed by atoms with Crippen LogP contribution in [0.25, 0.3) is 0 Å². The van der Waals surface area contributed by atoms with Gasteiger partial charge in [-0.05, 0) is 19.9 Å². The molecule has 0 aromatic carbocycles. The molecule has 0 aliphatic rings. The Hall–Kier alpha value is -1.53. The number of aryl methyl sites for hydroxylation is 2. The number of ether oxygens (including phenoxy) is 1. The molecule has 0 aliphatic carbocycles. The van der Waals surface area contributed by atoms with E-state index in [2.05, 4.69) is 10.2 Å². The van der Waals surface area contributed by atoms with Crippen molar-refractivity contribution in [3.63, 3.8) is 0 Å². The number of carbonyl (C=O) groups is 1. The molecule has 100 valence electrons. The largest absolute Gasteiger partial charge is 0.389 e. The number of aromatic nitrogens is 2. The van der Waals surface area contributed by atoms with E-state index in [9.17, 15) is 9.90 Å². The quantitative estimate of drug-likeness (QED) is 0.809. The minimum absolute atomic E-state index is 0.180. The highest BCUT2D eigenvalue weighted by Crippen LogP contribution is 2.08. The first-order valence-electron chi connectivity index (χ1n) is 5.69. The third-order valence-corrected chi connectivity index (χ3v) is 2.52. The Bertz CT molecular complexity index is 423. The van der Waals surface area contributed by atoms with E-state index in [0.717, 1.165) is 0 Å². The predicted molar refractivity (Wildman–Crippen MR) is 66.3 cm³/mol. The minimum Gasteiger partial charge on any atom is -0.389 e. The van der Waals surface area contributed by atoms with E-state index in [0.29, 0.717) is 17.0 Å². The third-order valence-electron chi connectivity index (χ3n) is 2.52. The first-order valence-corrected chi connectivity index (χ1v) is 5.69. The summed E-state index contributed by atoms with van der Waals surface area (Å²) >= 11 is 0. The predicted octanol–water partition coefficient (Wildman–Crippen LogP) is 0.173. The SMILES string of the molecule is COCC(O)CN(C)C(=O)c1cc(C)nnc1C. The highest BCUT2D eigenvalue weighted by atomic mass is 16.5. The number of hydrogen-bond donors (Lipinski definition) is 1. The van der Waals surface area contributed by atoms with Gasteiger partial charge in [0.05, 0.1) is 29.7 Å². The molecule has 0 radical (unpaired) electrons. The van der Waals surface area contributed by atoms with Crippen molar-refractivity contribution in [2.24, 2.45) is 0 Å². The van der Waals surface area contributed by atoms with Crippen LogP contribution in [0.5, 0.6) is 0 Å². The number of hydrogen-bond acceptors (Lipinski definition) is 5. The number of likely N-dealkylation sites (N-methyl/N-ethyl adjacent to an activating group) is 1. The van der Waals surface area contributed by atoms with Gasteiger partial charge in [0.25, 0.3) is 5.91 Å². The first kappa shape index (κ1) is 14.5. The molecule has 1 atom stereocenters. The topological polar surface area (TPSA) is 75.6 Å². The molecule has 1 aromatic heterocycles. The molecule has 0 saturated carbocycles. The van der Waals surface area contributed by atoms with Crippen molar-refractivity contribution in [2.45, 2.75) is 20.0 Å². The third kappa shape index (κ3) is 3.75. The zero-order chi connectivity index (χ0) is 13.7. The Labute approximate surface area is 107 Å². The second-order valence-corrected chi connectivity index (χ2v) is 4.28. The molecule has 0 fully saturated rings. The Morgan fingerprint density at radius 1 is 1.50 bits per heavy atom. The van der Waals surface area contributed by atoms with Crippen molar-refractivity contribution in [1.82, 2.24) is 15.1 Å². The van der Waals surface area contributed by atoms with Crippen LogP contribution in [-0.2, 0) is 4.74 Å². The summed E-state index contributed by atoms with van der Waals surface area (Å²) in [6.07, 6.45) is -0.694. The first-order chi connectivity index (χ1) is 8.45. The molecule has 0 spiro atoms. The molecule has 1 aromatic rings. The maximum absolute atomic E-state index is 12.2. The summed E-state index contributed by atoms with van der Waals surface area (Å²) in [5.74, 6) is -0.180. The molecule has 1 N–H and O–H groups in total. The zero-order valence-electron chi connectivity index (χ0n) is 11.2. The molecule has 6 heteroatoms. The van der Waals surface area contributed by atoms with Crippen molar-refractivity contribution in [3.8, 4) is 0 Å². The van der Waals surface area contributed by atoms with Crippen molar-refractivity contribution < 1.29 is 14.6 Å². The van der Waals surface area contributed by atoms with Crippen LogP contribution in [0.3, 0.4) is 0 Å². The van der Waals surface area contributed by atoms with Crippen LogP contribution < -0.4 is 0 Å². The summed E-state index contributed by atoms with van der Waals surface area (Å²) in [6, 6.07) is 1.70. The fraction of sp³-hybridized carbons (Fsp3) is 0.583. The van der Waals surface area contributed by atoms with E-state index < -0.39 is 6.10 Å². The lowest BCUT2D eigenvalue weighted by molar-refractivity contribution is 0.0379. The average Bonchev–Trinajstić information content (AvgIpc) is 2.31. The second kappa shape index (κ2) is 6.42. The van der Waals surface area contributed by atoms with Crippen LogP contribution in [-0.4, -0.2) is 59.5 Å². The second-order valence-electron chi connectivity index (χ2n) is 4.28. The van der Waals surface area contributed by atoms with Gasteiger partial charge in [-0.25, -0.2) is 0 Å². The number of aliphatic hydroxyl groups is 1. The van der Waals surface area contributed by atoms with E-state index in [1.54, 1.807) is 27.0 Å². The van der Waals surface area contributed by atoms with Gasteiger partial charge >= 0.3 is 0 Å². The average molecular weight is 253 g/mol. The van der Waals surface area contributed by atoms with Crippen LogP contribution in [0.1, 0.15) is 21.7 Å². The minimum atomic E-state index is -0.694. The summed E-state index contributed by atoms with van der Waals surface area (Å²) in [6.45, 7) is 3.93. The van der Waals surface area contributed by atoms with Gasteiger partial charge in [0.2, 0.25) is 0 Å². The van der Waals surface area contributed by atoms with E-state index in [1.807, 2.05) is 0 Å². The molecular weight excluding hydrogens is 234 g/mol. The van der Waals surface area contributed by atoms with Gasteiger partial charge in [-0.3, -0.25) is 4.79 Å². The fourth-order valence-corrected chi connectivity index (χ4v) is 1.62. The Morgan fingerprint density at radius 3 is 2.78 bits per heavy atom. The summed E-state index contributed by atoms with van der Waals surface area (Å²) in [5.41, 5.74) is 1.78. The van der Waals surface area contributed by atoms with E-state index in [-0.39, 0.29) is 19.1 Å². The van der Waals surface area contributed by atoms with E-state index in [1.165, 1.54) is 12.0 Å². The van der Waals surface area contributed by atoms with Gasteiger partial charge in [-0.2, -0.15) is 10.2 Å². The Morgan fingerprint density at radius 2 is 2.17 bits per heavy atom. The summed E-state index contributed by atoms with van der Waals surface area (Å²) < 4.78 is 4.82. The lowest BCUT2D eigenvalue weighted by Crippen LogP contribution is -2.36. The van der Waals surface area contributed by atoms with E-state index in [4.69, 9.17) is 4.74 Å². The molecule has 0 saturated heterocycles. The summed E-state index contributed by atoms with van der Waals surface area (Å²) in [5, 5.41) is 17.4. The van der Waals surface area contributed by atoms with Crippen LogP contribution in [0.2, 0.25) is 0 Å². The van der Waals surface area contributed by atoms with Gasteiger partial charge in [-0.1, -0.05) is 0 Å². The van der Waals surface area contributed by atoms with Gasteiger partial charge in [-0.15, -0.1) is 0 Å². The number of methoxy groups -OCH3 is 1. The van der Waals surface area contributed by atoms with Crippen LogP contribution >= 0.6 is 0 Å². The molecule has 1 amide bonds. The molecule has 0 bridgehead atoms. The Balaban J connectivity index is 2.77. The van der Waals surface area contributed by atoms with Crippen molar-refractivity contribution >= 4 is 5.91 Å². The number of aliphatic hydroxyl groups excluding tert-OH is 1. The lowest BCUT2D eigenvalue weighted by Gasteiger charge is -2.21. The normalized spacial score (nSPS) is 12.3. The molecular formula is C12H19N3O3. The molecule has 18 heavy (non-hydrogen) atoms. The maximum Gasteiger partial charge on any atom is 0.255 e. The number of carbonyl (C=O) groups excluding carboxylic acids is 1. The van der Waals surface area contributed by atoms with Crippen molar-refractivity contribution in [3.05, 3.63) is 23.0 Å². The smallest absolute Gasteiger partial charge is 0.255 e. The number of amides is 1. The van der Waals surface area contributed by atoms with Crippen molar-refractivity contribution in [2.75, 3.05) is 27.3 Å². The molecule has 1 unspecified atom stereocenters. The highest BCUT2D eigenvalue weighted by molar-refractivity contribution is 5.95. The van der Waals surface area contributed by atoms with Crippen LogP contribution in [0.15, 0.2) is 6.07 Å². The monoisotopic (exact) mass is 253 g/mol. The maximum atomic E-state index is 12.2. The number of nitrogens with zero attached hydrogens (tertiary/aromatic N) is 3. The molecule has 0 aliphatic heterocycles. The molecule has 1 rings (SSSR count). The van der Waals surface area contributed by atoms with E-state index >= 15 is 0 Å². The van der Waals surface area contributed by atoms with Gasteiger partial charge in [0.15, 0.2) is 0 Å². The zero-order valence-corrected chi connectivity index (χ0v) is 11.2. The van der Waals surface area contributed by atoms with Crippen molar-refractivity contribution in [1.29, 1.82) is 0 Å². The summed E-state index contributed by atoms with van der Waals surface area (Å²) in [4.78, 5) is 13.6. The van der Waals surface area contributed by atoms with Gasteiger partial charge in [0, 0.05) is 20.7 Å². The van der Waals surface area contributed by atoms with Crippen LogP contribution in [0, 0.1) is 13.8 Å². The molecule has 6 nitrogen and oxygen atoms in total. The number of rotatable bonds is 5. The highest BCUT2D eigenvalue weighted by Gasteiger charge is 2.18. The summed E-state index contributed by atoms with van der Waals surface area (Å²) in [7, 11) is 3.14. The lowest BCUT2D eigenvalue weighted by atomic mass is 10.1. The standard InChI is InChI=1S/C12H19N3O3/c1-8-5-11(9(2)14-13-8)12(17)15(3)6-10(16)7-18-4/h5,10,16H,6-7H2,1-4H3. The van der Waals surface area contributed by atoms with Gasteiger partial charge in [0.1, 0.15) is 0 Å².